The fraction of sp³-hybridized carbons (Fsp3) is 0.231. The van der Waals surface area contributed by atoms with E-state index in [-0.39, 0.29) is 5.78 Å². The molecule has 1 aromatic rings. The molecule has 1 unspecified atom stereocenters. The fourth-order valence-corrected chi connectivity index (χ4v) is 1.55. The summed E-state index contributed by atoms with van der Waals surface area (Å²) in [7, 11) is 0. The van der Waals surface area contributed by atoms with E-state index in [0.717, 1.165) is 5.56 Å². The standard InChI is InChI=1S/C13H14O3/c1-3-11(13(15)16)9-5-7-10(8-6-9)12(14)4-2/h4-8,11H,2-3H2,1H3,(H,15,16). The van der Waals surface area contributed by atoms with Gasteiger partial charge in [0.05, 0.1) is 5.92 Å². The summed E-state index contributed by atoms with van der Waals surface area (Å²) < 4.78 is 0. The minimum Gasteiger partial charge on any atom is -0.481 e. The molecular weight excluding hydrogens is 204 g/mol. The molecule has 0 spiro atoms. The molecule has 0 bridgehead atoms. The van der Waals surface area contributed by atoms with Gasteiger partial charge in [-0.15, -0.1) is 0 Å². The van der Waals surface area contributed by atoms with Crippen LogP contribution >= 0.6 is 0 Å². The van der Waals surface area contributed by atoms with Crippen LogP contribution < -0.4 is 0 Å². The molecule has 0 radical (unpaired) electrons. The monoisotopic (exact) mass is 218 g/mol. The molecule has 0 aliphatic rings. The maximum atomic E-state index is 11.3. The Morgan fingerprint density at radius 3 is 2.31 bits per heavy atom. The van der Waals surface area contributed by atoms with Gasteiger partial charge in [-0.1, -0.05) is 37.8 Å². The van der Waals surface area contributed by atoms with E-state index in [1.807, 2.05) is 6.92 Å². The first-order valence-corrected chi connectivity index (χ1v) is 5.09. The second kappa shape index (κ2) is 5.26. The Hall–Kier alpha value is -1.90. The number of allylic oxidation sites excluding steroid dienone is 1. The fourth-order valence-electron chi connectivity index (χ4n) is 1.55. The third kappa shape index (κ3) is 2.57. The molecule has 0 aliphatic carbocycles. The average Bonchev–Trinajstić information content (AvgIpc) is 2.29. The van der Waals surface area contributed by atoms with Crippen LogP contribution in [0.2, 0.25) is 0 Å². The predicted molar refractivity (Wildman–Crippen MR) is 61.6 cm³/mol. The Labute approximate surface area is 94.4 Å². The molecule has 0 saturated heterocycles. The van der Waals surface area contributed by atoms with Crippen molar-refractivity contribution < 1.29 is 14.7 Å². The number of ketones is 1. The quantitative estimate of drug-likeness (QED) is 0.610. The molecule has 3 nitrogen and oxygen atoms in total. The van der Waals surface area contributed by atoms with Gasteiger partial charge in [-0.2, -0.15) is 0 Å². The van der Waals surface area contributed by atoms with E-state index < -0.39 is 11.9 Å². The van der Waals surface area contributed by atoms with E-state index in [0.29, 0.717) is 12.0 Å². The van der Waals surface area contributed by atoms with Gasteiger partial charge in [0.15, 0.2) is 5.78 Å². The number of hydrogen-bond acceptors (Lipinski definition) is 2. The van der Waals surface area contributed by atoms with E-state index in [1.165, 1.54) is 6.08 Å². The summed E-state index contributed by atoms with van der Waals surface area (Å²) in [5.74, 6) is -1.51. The highest BCUT2D eigenvalue weighted by Crippen LogP contribution is 2.20. The molecule has 0 amide bonds. The highest BCUT2D eigenvalue weighted by atomic mass is 16.4. The van der Waals surface area contributed by atoms with E-state index in [4.69, 9.17) is 5.11 Å². The number of carboxylic acids is 1. The van der Waals surface area contributed by atoms with Crippen molar-refractivity contribution in [2.75, 3.05) is 0 Å². The summed E-state index contributed by atoms with van der Waals surface area (Å²) in [4.78, 5) is 22.2. The molecule has 0 heterocycles. The summed E-state index contributed by atoms with van der Waals surface area (Å²) >= 11 is 0. The first-order valence-electron chi connectivity index (χ1n) is 5.09. The van der Waals surface area contributed by atoms with Crippen molar-refractivity contribution in [1.29, 1.82) is 0 Å². The second-order valence-corrected chi connectivity index (χ2v) is 3.49. The molecule has 0 saturated carbocycles. The summed E-state index contributed by atoms with van der Waals surface area (Å²) in [6.07, 6.45) is 1.77. The summed E-state index contributed by atoms with van der Waals surface area (Å²) in [6.45, 7) is 5.22. The minimum absolute atomic E-state index is 0.157. The Bertz CT molecular complexity index is 404. The van der Waals surface area contributed by atoms with Gasteiger partial charge in [0.2, 0.25) is 0 Å². The van der Waals surface area contributed by atoms with Crippen molar-refractivity contribution >= 4 is 11.8 Å². The van der Waals surface area contributed by atoms with Crippen LogP contribution in [0.15, 0.2) is 36.9 Å². The van der Waals surface area contributed by atoms with Gasteiger partial charge in [-0.25, -0.2) is 0 Å². The van der Waals surface area contributed by atoms with Crippen LogP contribution in [0.1, 0.15) is 35.2 Å². The molecule has 84 valence electrons. The van der Waals surface area contributed by atoms with Gasteiger partial charge in [-0.05, 0) is 18.1 Å². The molecule has 0 fully saturated rings. The van der Waals surface area contributed by atoms with Crippen LogP contribution in [-0.4, -0.2) is 16.9 Å². The molecule has 1 rings (SSSR count). The Morgan fingerprint density at radius 1 is 1.38 bits per heavy atom. The smallest absolute Gasteiger partial charge is 0.310 e. The lowest BCUT2D eigenvalue weighted by atomic mass is 9.95. The Morgan fingerprint density at radius 2 is 1.94 bits per heavy atom. The SMILES string of the molecule is C=CC(=O)c1ccc(C(CC)C(=O)O)cc1. The zero-order chi connectivity index (χ0) is 12.1. The lowest BCUT2D eigenvalue weighted by molar-refractivity contribution is -0.138. The lowest BCUT2D eigenvalue weighted by Gasteiger charge is -2.09. The van der Waals surface area contributed by atoms with Crippen LogP contribution in [0.4, 0.5) is 0 Å². The minimum atomic E-state index is -0.842. The van der Waals surface area contributed by atoms with Crippen molar-refractivity contribution in [2.24, 2.45) is 0 Å². The number of rotatable bonds is 5. The summed E-state index contributed by atoms with van der Waals surface area (Å²) in [6, 6.07) is 6.62. The van der Waals surface area contributed by atoms with Crippen LogP contribution in [0.5, 0.6) is 0 Å². The molecule has 3 heteroatoms. The summed E-state index contributed by atoms with van der Waals surface area (Å²) in [5.41, 5.74) is 1.25. The first-order chi connectivity index (χ1) is 7.60. The summed E-state index contributed by atoms with van der Waals surface area (Å²) in [5, 5.41) is 8.97. The molecule has 16 heavy (non-hydrogen) atoms. The van der Waals surface area contributed by atoms with Gasteiger partial charge in [-0.3, -0.25) is 9.59 Å². The van der Waals surface area contributed by atoms with Gasteiger partial charge < -0.3 is 5.11 Å². The molecule has 1 atom stereocenters. The van der Waals surface area contributed by atoms with E-state index in [9.17, 15) is 9.59 Å². The van der Waals surface area contributed by atoms with Crippen molar-refractivity contribution in [2.45, 2.75) is 19.3 Å². The maximum absolute atomic E-state index is 11.3. The van der Waals surface area contributed by atoms with Crippen molar-refractivity contribution in [1.82, 2.24) is 0 Å². The zero-order valence-corrected chi connectivity index (χ0v) is 9.14. The Kier molecular flexibility index (Phi) is 4.00. The van der Waals surface area contributed by atoms with Crippen LogP contribution in [0.25, 0.3) is 0 Å². The number of hydrogen-bond donors (Lipinski definition) is 1. The third-order valence-corrected chi connectivity index (χ3v) is 2.49. The van der Waals surface area contributed by atoms with Gasteiger partial charge in [0.25, 0.3) is 0 Å². The van der Waals surface area contributed by atoms with Gasteiger partial charge in [0.1, 0.15) is 0 Å². The van der Waals surface area contributed by atoms with E-state index >= 15 is 0 Å². The molecule has 1 aromatic carbocycles. The highest BCUT2D eigenvalue weighted by Gasteiger charge is 2.17. The second-order valence-electron chi connectivity index (χ2n) is 3.49. The van der Waals surface area contributed by atoms with Crippen LogP contribution in [0.3, 0.4) is 0 Å². The van der Waals surface area contributed by atoms with Crippen LogP contribution in [0, 0.1) is 0 Å². The molecule has 1 N–H and O–H groups in total. The molecular formula is C13H14O3. The predicted octanol–water partition coefficient (Wildman–Crippen LogP) is 2.63. The number of aliphatic carboxylic acids is 1. The first kappa shape index (κ1) is 12.2. The zero-order valence-electron chi connectivity index (χ0n) is 9.14. The van der Waals surface area contributed by atoms with Crippen molar-refractivity contribution in [3.63, 3.8) is 0 Å². The third-order valence-electron chi connectivity index (χ3n) is 2.49. The maximum Gasteiger partial charge on any atom is 0.310 e. The number of benzene rings is 1. The normalized spacial score (nSPS) is 11.8. The van der Waals surface area contributed by atoms with Crippen molar-refractivity contribution in [3.8, 4) is 0 Å². The molecule has 0 aliphatic heterocycles. The number of carboxylic acid groups (broad SMARTS) is 1. The number of carbonyl (C=O) groups excluding carboxylic acids is 1. The average molecular weight is 218 g/mol. The topological polar surface area (TPSA) is 54.4 Å². The van der Waals surface area contributed by atoms with Crippen molar-refractivity contribution in [3.05, 3.63) is 48.0 Å². The Balaban J connectivity index is 2.97. The largest absolute Gasteiger partial charge is 0.481 e. The van der Waals surface area contributed by atoms with Crippen LogP contribution in [-0.2, 0) is 4.79 Å². The van der Waals surface area contributed by atoms with Gasteiger partial charge >= 0.3 is 5.97 Å². The molecule has 0 aromatic heterocycles. The lowest BCUT2D eigenvalue weighted by Crippen LogP contribution is -2.10. The van der Waals surface area contributed by atoms with E-state index in [2.05, 4.69) is 6.58 Å². The van der Waals surface area contributed by atoms with Gasteiger partial charge in [0, 0.05) is 5.56 Å². The highest BCUT2D eigenvalue weighted by molar-refractivity contribution is 6.04. The number of carbonyl (C=O) groups is 2. The van der Waals surface area contributed by atoms with E-state index in [1.54, 1.807) is 24.3 Å².